The summed E-state index contributed by atoms with van der Waals surface area (Å²) in [5, 5.41) is 6.01. The Morgan fingerprint density at radius 2 is 1.97 bits per heavy atom. The van der Waals surface area contributed by atoms with Crippen LogP contribution in [0.3, 0.4) is 0 Å². The molecule has 1 aromatic rings. The predicted molar refractivity (Wildman–Crippen MR) is 102 cm³/mol. The summed E-state index contributed by atoms with van der Waals surface area (Å²) in [4.78, 5) is 50.6. The number of amides is 5. The van der Waals surface area contributed by atoms with E-state index in [-0.39, 0.29) is 6.04 Å². The lowest BCUT2D eigenvalue weighted by molar-refractivity contribution is -0.141. The minimum atomic E-state index is -1.25. The van der Waals surface area contributed by atoms with Crippen LogP contribution in [0.1, 0.15) is 36.0 Å². The summed E-state index contributed by atoms with van der Waals surface area (Å²) < 4.78 is 5.04. The van der Waals surface area contributed by atoms with Gasteiger partial charge in [0.15, 0.2) is 5.92 Å². The molecular weight excluding hydrogens is 376 g/mol. The Bertz CT molecular complexity index is 881. The number of ether oxygens (including phenoxy) is 1. The molecular formula is C20H22N4O5. The quantitative estimate of drug-likeness (QED) is 0.440. The number of benzene rings is 1. The van der Waals surface area contributed by atoms with E-state index in [9.17, 15) is 19.2 Å². The maximum atomic E-state index is 12.9. The average Bonchev–Trinajstić information content (AvgIpc) is 3.34. The highest BCUT2D eigenvalue weighted by molar-refractivity contribution is 6.23. The van der Waals surface area contributed by atoms with Gasteiger partial charge in [0.2, 0.25) is 11.8 Å². The standard InChI is InChI=1S/C20H22N4O5/c1-29-14-6-4-12(5-7-14)17(25)23-21-10-15-18(26)22-20(28)24(19(15)27)16-9-11-2-3-13(16)8-11/h4-7,10-11,13,15-16H,2-3,8-9H2,1H3,(H,23,25)(H,22,26,28)/b21-10-/t11-,13-,15-,16-/m0/s1. The second-order valence-electron chi connectivity index (χ2n) is 7.67. The van der Waals surface area contributed by atoms with Gasteiger partial charge in [0.1, 0.15) is 5.75 Å². The van der Waals surface area contributed by atoms with Crippen LogP contribution < -0.4 is 15.5 Å². The van der Waals surface area contributed by atoms with Gasteiger partial charge in [0, 0.05) is 17.8 Å². The van der Waals surface area contributed by atoms with Crippen molar-refractivity contribution in [1.29, 1.82) is 0 Å². The van der Waals surface area contributed by atoms with E-state index >= 15 is 0 Å². The number of nitrogens with zero attached hydrogens (tertiary/aromatic N) is 2. The Morgan fingerprint density at radius 3 is 2.59 bits per heavy atom. The van der Waals surface area contributed by atoms with E-state index in [2.05, 4.69) is 15.8 Å². The lowest BCUT2D eigenvalue weighted by Crippen LogP contribution is -2.62. The van der Waals surface area contributed by atoms with Crippen LogP contribution in [0, 0.1) is 17.8 Å². The molecule has 4 rings (SSSR count). The van der Waals surface area contributed by atoms with Crippen LogP contribution in [-0.4, -0.2) is 48.0 Å². The van der Waals surface area contributed by atoms with Gasteiger partial charge < -0.3 is 4.74 Å². The van der Waals surface area contributed by atoms with Crippen LogP contribution in [-0.2, 0) is 9.59 Å². The maximum Gasteiger partial charge on any atom is 0.331 e. The topological polar surface area (TPSA) is 117 Å². The third-order valence-corrected chi connectivity index (χ3v) is 6.01. The van der Waals surface area contributed by atoms with Gasteiger partial charge in [-0.1, -0.05) is 6.42 Å². The van der Waals surface area contributed by atoms with Crippen LogP contribution >= 0.6 is 0 Å². The molecule has 2 aliphatic carbocycles. The van der Waals surface area contributed by atoms with Gasteiger partial charge >= 0.3 is 6.03 Å². The Kier molecular flexibility index (Phi) is 5.04. The molecule has 0 unspecified atom stereocenters. The molecule has 0 spiro atoms. The Balaban J connectivity index is 1.42. The zero-order valence-corrected chi connectivity index (χ0v) is 16.0. The monoisotopic (exact) mass is 398 g/mol. The number of carbonyl (C=O) groups is 4. The van der Waals surface area contributed by atoms with Gasteiger partial charge in [-0.05, 0) is 55.4 Å². The maximum absolute atomic E-state index is 12.9. The van der Waals surface area contributed by atoms with Crippen molar-refractivity contribution in [3.63, 3.8) is 0 Å². The zero-order valence-electron chi connectivity index (χ0n) is 16.0. The lowest BCUT2D eigenvalue weighted by atomic mass is 9.92. The molecule has 3 fully saturated rings. The third-order valence-electron chi connectivity index (χ3n) is 6.01. The van der Waals surface area contributed by atoms with E-state index in [1.54, 1.807) is 24.3 Å². The number of methoxy groups -OCH3 is 1. The van der Waals surface area contributed by atoms with Crippen molar-refractivity contribution in [2.45, 2.75) is 31.7 Å². The third kappa shape index (κ3) is 3.59. The predicted octanol–water partition coefficient (Wildman–Crippen LogP) is 1.29. The van der Waals surface area contributed by atoms with Crippen LogP contribution in [0.2, 0.25) is 0 Å². The van der Waals surface area contributed by atoms with Crippen molar-refractivity contribution in [3.8, 4) is 5.75 Å². The molecule has 1 aliphatic heterocycles. The molecule has 2 saturated carbocycles. The molecule has 3 aliphatic rings. The summed E-state index contributed by atoms with van der Waals surface area (Å²) in [5.41, 5.74) is 2.65. The number of carbonyl (C=O) groups excluding carboxylic acids is 4. The molecule has 1 heterocycles. The normalized spacial score (nSPS) is 28.7. The lowest BCUT2D eigenvalue weighted by Gasteiger charge is -2.36. The number of fused-ring (bicyclic) bond motifs is 2. The minimum Gasteiger partial charge on any atom is -0.497 e. The van der Waals surface area contributed by atoms with Crippen molar-refractivity contribution < 1.29 is 23.9 Å². The van der Waals surface area contributed by atoms with E-state index < -0.39 is 29.7 Å². The van der Waals surface area contributed by atoms with Gasteiger partial charge in [0.05, 0.1) is 7.11 Å². The van der Waals surface area contributed by atoms with Crippen molar-refractivity contribution in [2.24, 2.45) is 22.9 Å². The summed E-state index contributed by atoms with van der Waals surface area (Å²) in [6.07, 6.45) is 5.01. The summed E-state index contributed by atoms with van der Waals surface area (Å²) in [6.45, 7) is 0. The van der Waals surface area contributed by atoms with E-state index in [0.717, 1.165) is 31.9 Å². The molecule has 0 radical (unpaired) electrons. The van der Waals surface area contributed by atoms with Crippen molar-refractivity contribution in [1.82, 2.24) is 15.6 Å². The number of barbiturate groups is 1. The number of imide groups is 2. The number of urea groups is 1. The van der Waals surface area contributed by atoms with Crippen LogP contribution in [0.25, 0.3) is 0 Å². The molecule has 4 atom stereocenters. The van der Waals surface area contributed by atoms with E-state index in [0.29, 0.717) is 23.1 Å². The molecule has 9 heteroatoms. The highest BCUT2D eigenvalue weighted by Gasteiger charge is 2.50. The Hall–Kier alpha value is -3.23. The second kappa shape index (κ2) is 7.65. The molecule has 2 N–H and O–H groups in total. The largest absolute Gasteiger partial charge is 0.497 e. The Morgan fingerprint density at radius 1 is 1.21 bits per heavy atom. The van der Waals surface area contributed by atoms with Crippen LogP contribution in [0.5, 0.6) is 5.75 Å². The van der Waals surface area contributed by atoms with Gasteiger partial charge in [-0.3, -0.25) is 24.6 Å². The number of hydrazone groups is 1. The van der Waals surface area contributed by atoms with Crippen molar-refractivity contribution >= 4 is 30.0 Å². The fourth-order valence-electron chi connectivity index (χ4n) is 4.56. The van der Waals surface area contributed by atoms with Gasteiger partial charge in [-0.25, -0.2) is 10.2 Å². The number of hydrogen-bond acceptors (Lipinski definition) is 6. The molecule has 2 bridgehead atoms. The highest BCUT2D eigenvalue weighted by atomic mass is 16.5. The first-order valence-corrected chi connectivity index (χ1v) is 9.63. The van der Waals surface area contributed by atoms with E-state index in [4.69, 9.17) is 4.74 Å². The summed E-state index contributed by atoms with van der Waals surface area (Å²) in [6, 6.07) is 5.57. The first-order chi connectivity index (χ1) is 14.0. The fraction of sp³-hybridized carbons (Fsp3) is 0.450. The highest BCUT2D eigenvalue weighted by Crippen LogP contribution is 2.47. The summed E-state index contributed by atoms with van der Waals surface area (Å²) in [5.74, 6) is -1.61. The van der Waals surface area contributed by atoms with Gasteiger partial charge in [-0.2, -0.15) is 5.10 Å². The molecule has 5 amide bonds. The molecule has 152 valence electrons. The van der Waals surface area contributed by atoms with Crippen molar-refractivity contribution in [2.75, 3.05) is 7.11 Å². The van der Waals surface area contributed by atoms with Crippen molar-refractivity contribution in [3.05, 3.63) is 29.8 Å². The molecule has 9 nitrogen and oxygen atoms in total. The van der Waals surface area contributed by atoms with Gasteiger partial charge in [0.25, 0.3) is 5.91 Å². The fourth-order valence-corrected chi connectivity index (χ4v) is 4.56. The second-order valence-corrected chi connectivity index (χ2v) is 7.67. The Labute approximate surface area is 167 Å². The van der Waals surface area contributed by atoms with E-state index in [1.807, 2.05) is 0 Å². The first kappa shape index (κ1) is 19.1. The molecule has 1 aromatic carbocycles. The molecule has 29 heavy (non-hydrogen) atoms. The number of nitrogens with one attached hydrogen (secondary N) is 2. The minimum absolute atomic E-state index is 0.167. The zero-order chi connectivity index (χ0) is 20.5. The molecule has 0 aromatic heterocycles. The summed E-state index contributed by atoms with van der Waals surface area (Å²) in [7, 11) is 1.52. The van der Waals surface area contributed by atoms with E-state index in [1.165, 1.54) is 12.0 Å². The summed E-state index contributed by atoms with van der Waals surface area (Å²) >= 11 is 0. The first-order valence-electron chi connectivity index (χ1n) is 9.63. The number of rotatable bonds is 5. The smallest absolute Gasteiger partial charge is 0.331 e. The number of hydrogen-bond donors (Lipinski definition) is 2. The van der Waals surface area contributed by atoms with Crippen LogP contribution in [0.4, 0.5) is 4.79 Å². The van der Waals surface area contributed by atoms with Crippen LogP contribution in [0.15, 0.2) is 29.4 Å². The average molecular weight is 398 g/mol. The SMILES string of the molecule is COc1ccc(C(=O)N/N=C\[C@H]2C(=O)NC(=O)N([C@H]3C[C@H]4CC[C@H]3C4)C2=O)cc1. The molecule has 1 saturated heterocycles. The van der Waals surface area contributed by atoms with Gasteiger partial charge in [-0.15, -0.1) is 0 Å².